The number of hydrogen-bond donors (Lipinski definition) is 3. The molecule has 0 spiro atoms. The van der Waals surface area contributed by atoms with Crippen molar-refractivity contribution in [3.8, 4) is 28.7 Å². The summed E-state index contributed by atoms with van der Waals surface area (Å²) in [6.45, 7) is 25.7. The van der Waals surface area contributed by atoms with Crippen molar-refractivity contribution in [2.75, 3.05) is 0 Å². The first-order chi connectivity index (χ1) is 31.2. The van der Waals surface area contributed by atoms with Gasteiger partial charge in [0.05, 0.1) is 0 Å². The van der Waals surface area contributed by atoms with Crippen molar-refractivity contribution in [2.45, 2.75) is 130 Å². The van der Waals surface area contributed by atoms with Gasteiger partial charge in [0.15, 0.2) is 0 Å². The Labute approximate surface area is 414 Å². The number of para-hydroxylation sites is 1. The Morgan fingerprint density at radius 2 is 0.761 bits per heavy atom. The normalized spacial score (nSPS) is 11.1. The summed E-state index contributed by atoms with van der Waals surface area (Å²) < 4.78 is 5.52. The van der Waals surface area contributed by atoms with Crippen LogP contribution < -0.4 is 4.74 Å². The minimum atomic E-state index is -0.109. The zero-order valence-electron chi connectivity index (χ0n) is 41.9. The van der Waals surface area contributed by atoms with Crippen molar-refractivity contribution in [3.05, 3.63) is 208 Å². The van der Waals surface area contributed by atoms with Crippen molar-refractivity contribution in [1.29, 1.82) is 0 Å². The van der Waals surface area contributed by atoms with Crippen LogP contribution in [0.2, 0.25) is 0 Å². The molecular formula is C60H74CoN2O4-4. The van der Waals surface area contributed by atoms with Gasteiger partial charge in [0.25, 0.3) is 0 Å². The second-order valence-electron chi connectivity index (χ2n) is 19.2. The fourth-order valence-electron chi connectivity index (χ4n) is 6.57. The summed E-state index contributed by atoms with van der Waals surface area (Å²) in [5.41, 5.74) is 7.47. The Bertz CT molecular complexity index is 2260. The fraction of sp³-hybridized carbons (Fsp3) is 0.333. The van der Waals surface area contributed by atoms with E-state index in [1.165, 1.54) is 11.1 Å². The minimum absolute atomic E-state index is 0. The van der Waals surface area contributed by atoms with Crippen molar-refractivity contribution in [2.24, 2.45) is 0 Å². The maximum Gasteiger partial charge on any atom is 0.127 e. The molecule has 6 nitrogen and oxygen atoms in total. The van der Waals surface area contributed by atoms with Crippen LogP contribution in [0.25, 0.3) is 10.8 Å². The largest absolute Gasteiger partial charge is 0.810 e. The van der Waals surface area contributed by atoms with Crippen LogP contribution in [0.15, 0.2) is 140 Å². The Morgan fingerprint density at radius 1 is 0.448 bits per heavy atom. The van der Waals surface area contributed by atoms with Crippen LogP contribution in [-0.4, -0.2) is 27.7 Å². The van der Waals surface area contributed by atoms with E-state index in [1.54, 1.807) is 24.3 Å². The van der Waals surface area contributed by atoms with E-state index in [9.17, 15) is 21.0 Å². The van der Waals surface area contributed by atoms with Crippen molar-refractivity contribution in [3.63, 3.8) is 0 Å². The summed E-state index contributed by atoms with van der Waals surface area (Å²) in [7, 11) is 0. The molecule has 0 saturated carbocycles. The molecule has 7 heteroatoms. The van der Waals surface area contributed by atoms with Gasteiger partial charge >= 0.3 is 0 Å². The van der Waals surface area contributed by atoms with E-state index in [0.717, 1.165) is 66.1 Å². The Morgan fingerprint density at radius 3 is 1.07 bits per heavy atom. The van der Waals surface area contributed by atoms with Gasteiger partial charge in [-0.3, -0.25) is 0 Å². The van der Waals surface area contributed by atoms with E-state index in [0.29, 0.717) is 16.9 Å². The van der Waals surface area contributed by atoms with E-state index in [4.69, 9.17) is 9.84 Å². The molecule has 0 saturated heterocycles. The molecule has 6 rings (SSSR count). The molecule has 0 aromatic heterocycles. The molecule has 0 fully saturated rings. The zero-order chi connectivity index (χ0) is 49.1. The third kappa shape index (κ3) is 17.0. The van der Waals surface area contributed by atoms with Crippen molar-refractivity contribution < 1.29 is 36.8 Å². The second-order valence-corrected chi connectivity index (χ2v) is 19.2. The second kappa shape index (κ2) is 26.4. The predicted molar refractivity (Wildman–Crippen MR) is 281 cm³/mol. The first-order valence-corrected chi connectivity index (χ1v) is 23.2. The number of phenols is 3. The monoisotopic (exact) mass is 946 g/mol. The number of aromatic hydroxyl groups is 3. The van der Waals surface area contributed by atoms with E-state index in [1.807, 2.05) is 78.9 Å². The topological polar surface area (TPSA) is 115 Å². The van der Waals surface area contributed by atoms with Gasteiger partial charge in [-0.2, -0.15) is 36.7 Å². The average Bonchev–Trinajstić information content (AvgIpc) is 3.33. The third-order valence-corrected chi connectivity index (χ3v) is 13.0. The number of ether oxygens (including phenoxy) is 1. The smallest absolute Gasteiger partial charge is 0.127 e. The maximum absolute atomic E-state index is 10.3. The molecule has 1 radical (unpaired) electrons. The maximum atomic E-state index is 10.3. The van der Waals surface area contributed by atoms with Crippen LogP contribution >= 0.6 is 0 Å². The molecule has 0 amide bonds. The number of nitrogens with zero attached hydrogens (tertiary/aromatic N) is 2. The van der Waals surface area contributed by atoms with Gasteiger partial charge in [-0.15, -0.1) is 24.3 Å². The molecule has 0 unspecified atom stereocenters. The molecule has 3 N–H and O–H groups in total. The summed E-state index contributed by atoms with van der Waals surface area (Å²) >= 11 is 0. The molecule has 67 heavy (non-hydrogen) atoms. The molecule has 0 atom stereocenters. The van der Waals surface area contributed by atoms with E-state index >= 15 is 0 Å². The third-order valence-electron chi connectivity index (χ3n) is 13.0. The van der Waals surface area contributed by atoms with Crippen LogP contribution in [0.1, 0.15) is 153 Å². The summed E-state index contributed by atoms with van der Waals surface area (Å²) in [6, 6.07) is 44.7. The number of phenolic OH excluding ortho intramolecular Hbond substituents is 3. The standard InChI is InChI=1S/2C17H26NO.C14H12.C12H10O2.Co/c2*1-7-16(3,4)13-9-12(11-18)15(19)14(10-13)17(5,6)8-2;1-3-7-13(8-4-1)11-12-14-9-5-2-6-10-14;13-10-6-8-12(9-7-10)14-11-4-2-1-3-5-11;/h2*9-11,19H,7-8H2,1-6H3;1-12H;1-9,13H;/q2*-1;-2;;. The molecule has 361 valence electrons. The average molecular weight is 946 g/mol. The van der Waals surface area contributed by atoms with Crippen LogP contribution in [-0.2, 0) is 38.4 Å². The summed E-state index contributed by atoms with van der Waals surface area (Å²) in [6.07, 6.45) is 10.1. The minimum Gasteiger partial charge on any atom is -0.810 e. The zero-order valence-corrected chi connectivity index (χ0v) is 42.9. The number of benzene rings is 6. The Hall–Kier alpha value is -5.89. The van der Waals surface area contributed by atoms with Gasteiger partial charge in [-0.1, -0.05) is 126 Å². The Kier molecular flexibility index (Phi) is 22.6. The molecule has 0 aliphatic carbocycles. The molecule has 0 aliphatic rings. The quantitative estimate of drug-likeness (QED) is 0.0702. The number of hydrogen-bond acceptors (Lipinski definition) is 4. The van der Waals surface area contributed by atoms with Gasteiger partial charge in [0, 0.05) is 27.9 Å². The summed E-state index contributed by atoms with van der Waals surface area (Å²) in [4.78, 5) is 0. The Balaban J connectivity index is 0.000000308. The van der Waals surface area contributed by atoms with Crippen LogP contribution in [0, 0.1) is 12.8 Å². The van der Waals surface area contributed by atoms with Crippen LogP contribution in [0.3, 0.4) is 0 Å². The molecular weight excluding hydrogens is 872 g/mol. The van der Waals surface area contributed by atoms with Gasteiger partial charge in [-0.25, -0.2) is 24.0 Å². The molecule has 0 heterocycles. The van der Waals surface area contributed by atoms with E-state index in [2.05, 4.69) is 132 Å². The molecule has 0 aliphatic heterocycles. The molecule has 6 aromatic carbocycles. The van der Waals surface area contributed by atoms with Crippen LogP contribution in [0.4, 0.5) is 0 Å². The SMILES string of the molecule is CCC(C)(C)c1cc(C=[N-])c(O)c(C(C)(C)CC)c1.CCC(C)(C)c1cc(C=[N-])c(O)c(C(C)(C)CC)c1.Oc1ccc(Oc2ccccc2)cc1.[Co].c1ccc([CH-][CH-]c2ccccc2)cc1. The molecule has 6 aromatic rings. The fourth-order valence-corrected chi connectivity index (χ4v) is 6.57. The first-order valence-electron chi connectivity index (χ1n) is 23.2. The van der Waals surface area contributed by atoms with E-state index in [-0.39, 0.29) is 55.7 Å². The van der Waals surface area contributed by atoms with E-state index < -0.39 is 0 Å². The summed E-state index contributed by atoms with van der Waals surface area (Å²) in [5.74, 6) is 2.15. The van der Waals surface area contributed by atoms with Gasteiger partial charge < -0.3 is 30.9 Å². The molecule has 0 bridgehead atoms. The van der Waals surface area contributed by atoms with Gasteiger partial charge in [-0.05, 0) is 118 Å². The predicted octanol–water partition coefficient (Wildman–Crippen LogP) is 16.2. The number of rotatable bonds is 15. The van der Waals surface area contributed by atoms with Crippen molar-refractivity contribution >= 4 is 12.4 Å². The first kappa shape index (κ1) is 57.2. The van der Waals surface area contributed by atoms with Gasteiger partial charge in [0.1, 0.15) is 28.7 Å². The van der Waals surface area contributed by atoms with Crippen LogP contribution in [0.5, 0.6) is 28.7 Å². The van der Waals surface area contributed by atoms with Crippen molar-refractivity contribution in [1.82, 2.24) is 0 Å². The summed E-state index contributed by atoms with van der Waals surface area (Å²) in [5, 5.41) is 48.4. The van der Waals surface area contributed by atoms with Gasteiger partial charge in [0.2, 0.25) is 0 Å².